The van der Waals surface area contributed by atoms with Gasteiger partial charge in [-0.1, -0.05) is 12.1 Å². The second-order valence-electron chi connectivity index (χ2n) is 4.99. The van der Waals surface area contributed by atoms with Crippen molar-refractivity contribution in [1.82, 2.24) is 10.3 Å². The predicted molar refractivity (Wildman–Crippen MR) is 77.6 cm³/mol. The number of hydrogen-bond acceptors (Lipinski definition) is 3. The highest BCUT2D eigenvalue weighted by Crippen LogP contribution is 2.14. The summed E-state index contributed by atoms with van der Waals surface area (Å²) in [7, 11) is 0. The molecule has 1 aromatic heterocycles. The Kier molecular flexibility index (Phi) is 4.65. The zero-order valence-corrected chi connectivity index (χ0v) is 12.0. The molecule has 0 amide bonds. The molecule has 0 radical (unpaired) electrons. The van der Waals surface area contributed by atoms with Crippen molar-refractivity contribution < 1.29 is 14.3 Å². The Balaban J connectivity index is 1.94. The topological polar surface area (TPSA) is 62.2 Å². The normalized spacial score (nSPS) is 10.6. The molecule has 2 rings (SSSR count). The number of pyridine rings is 1. The summed E-state index contributed by atoms with van der Waals surface area (Å²) in [5, 5.41) is 12.0. The van der Waals surface area contributed by atoms with Crippen LogP contribution in [0.1, 0.15) is 32.7 Å². The molecule has 1 heterocycles. The Morgan fingerprint density at radius 2 is 1.90 bits per heavy atom. The number of carboxylic acids is 1. The van der Waals surface area contributed by atoms with E-state index in [2.05, 4.69) is 10.3 Å². The molecule has 1 aromatic carbocycles. The van der Waals surface area contributed by atoms with Gasteiger partial charge in [-0.25, -0.2) is 9.18 Å². The van der Waals surface area contributed by atoms with Gasteiger partial charge in [0.25, 0.3) is 0 Å². The van der Waals surface area contributed by atoms with Crippen LogP contribution in [0.25, 0.3) is 0 Å². The second-order valence-corrected chi connectivity index (χ2v) is 4.99. The van der Waals surface area contributed by atoms with Gasteiger partial charge in [-0.05, 0) is 42.7 Å². The van der Waals surface area contributed by atoms with Crippen LogP contribution in [0, 0.1) is 19.7 Å². The maximum absolute atomic E-state index is 13.5. The van der Waals surface area contributed by atoms with E-state index < -0.39 is 5.97 Å². The Morgan fingerprint density at radius 1 is 1.24 bits per heavy atom. The van der Waals surface area contributed by atoms with Crippen LogP contribution < -0.4 is 5.32 Å². The summed E-state index contributed by atoms with van der Waals surface area (Å²) >= 11 is 0. The lowest BCUT2D eigenvalue weighted by Gasteiger charge is -2.08. The lowest BCUT2D eigenvalue weighted by Crippen LogP contribution is -2.14. The van der Waals surface area contributed by atoms with Crippen LogP contribution in [0.5, 0.6) is 0 Å². The largest absolute Gasteiger partial charge is 0.478 e. The minimum absolute atomic E-state index is 0.162. The SMILES string of the molecule is Cc1cc(CNCc2ccc(C(=O)O)cn2)cc(C)c1F. The van der Waals surface area contributed by atoms with E-state index in [4.69, 9.17) is 5.11 Å². The molecule has 0 unspecified atom stereocenters. The van der Waals surface area contributed by atoms with Crippen molar-refractivity contribution in [2.75, 3.05) is 0 Å². The lowest BCUT2D eigenvalue weighted by atomic mass is 10.1. The van der Waals surface area contributed by atoms with Gasteiger partial charge >= 0.3 is 5.97 Å². The highest BCUT2D eigenvalue weighted by molar-refractivity contribution is 5.87. The standard InChI is InChI=1S/C16H17FN2O2/c1-10-5-12(6-11(2)15(10)17)7-18-9-14-4-3-13(8-19-14)16(20)21/h3-6,8,18H,7,9H2,1-2H3,(H,20,21). The number of rotatable bonds is 5. The molecule has 2 aromatic rings. The number of carbonyl (C=O) groups is 1. The molecule has 0 fully saturated rings. The fourth-order valence-electron chi connectivity index (χ4n) is 2.13. The molecule has 0 saturated carbocycles. The Bertz CT molecular complexity index is 631. The maximum Gasteiger partial charge on any atom is 0.337 e. The van der Waals surface area contributed by atoms with E-state index in [9.17, 15) is 9.18 Å². The van der Waals surface area contributed by atoms with Crippen LogP contribution >= 0.6 is 0 Å². The van der Waals surface area contributed by atoms with Gasteiger partial charge < -0.3 is 10.4 Å². The fraction of sp³-hybridized carbons (Fsp3) is 0.250. The molecule has 0 spiro atoms. The van der Waals surface area contributed by atoms with E-state index in [-0.39, 0.29) is 11.4 Å². The third-order valence-corrected chi connectivity index (χ3v) is 3.20. The van der Waals surface area contributed by atoms with Gasteiger partial charge in [0.2, 0.25) is 0 Å². The quantitative estimate of drug-likeness (QED) is 0.888. The first kappa shape index (κ1) is 15.1. The van der Waals surface area contributed by atoms with E-state index in [1.54, 1.807) is 19.9 Å². The maximum atomic E-state index is 13.5. The van der Waals surface area contributed by atoms with Crippen LogP contribution in [0.3, 0.4) is 0 Å². The van der Waals surface area contributed by atoms with Crippen molar-refractivity contribution >= 4 is 5.97 Å². The molecular formula is C16H17FN2O2. The first-order valence-electron chi connectivity index (χ1n) is 6.62. The Labute approximate surface area is 122 Å². The van der Waals surface area contributed by atoms with Gasteiger partial charge in [0.1, 0.15) is 5.82 Å². The van der Waals surface area contributed by atoms with E-state index in [0.717, 1.165) is 11.3 Å². The fourth-order valence-corrected chi connectivity index (χ4v) is 2.13. The monoisotopic (exact) mass is 288 g/mol. The third-order valence-electron chi connectivity index (χ3n) is 3.20. The second kappa shape index (κ2) is 6.45. The number of nitrogens with zero attached hydrogens (tertiary/aromatic N) is 1. The van der Waals surface area contributed by atoms with Gasteiger partial charge in [-0.15, -0.1) is 0 Å². The first-order chi connectivity index (χ1) is 9.97. The van der Waals surface area contributed by atoms with Crippen LogP contribution in [0.2, 0.25) is 0 Å². The molecule has 0 aliphatic rings. The van der Waals surface area contributed by atoms with Gasteiger partial charge in [-0.3, -0.25) is 4.98 Å². The Morgan fingerprint density at radius 3 is 2.43 bits per heavy atom. The van der Waals surface area contributed by atoms with Gasteiger partial charge in [0.15, 0.2) is 0 Å². The number of carboxylic acid groups (broad SMARTS) is 1. The summed E-state index contributed by atoms with van der Waals surface area (Å²) in [6.07, 6.45) is 1.34. The molecule has 0 atom stereocenters. The van der Waals surface area contributed by atoms with E-state index in [1.807, 2.05) is 12.1 Å². The highest BCUT2D eigenvalue weighted by atomic mass is 19.1. The molecule has 0 bridgehead atoms. The summed E-state index contributed by atoms with van der Waals surface area (Å²) in [4.78, 5) is 14.8. The van der Waals surface area contributed by atoms with Crippen LogP contribution in [-0.2, 0) is 13.1 Å². The number of hydrogen-bond donors (Lipinski definition) is 2. The van der Waals surface area contributed by atoms with E-state index in [0.29, 0.717) is 24.2 Å². The Hall–Kier alpha value is -2.27. The molecule has 4 nitrogen and oxygen atoms in total. The summed E-state index contributed by atoms with van der Waals surface area (Å²) in [5.74, 6) is -1.15. The first-order valence-corrected chi connectivity index (χ1v) is 6.62. The number of aromatic nitrogens is 1. The lowest BCUT2D eigenvalue weighted by molar-refractivity contribution is 0.0696. The molecule has 0 saturated heterocycles. The zero-order valence-electron chi connectivity index (χ0n) is 12.0. The number of aromatic carboxylic acids is 1. The highest BCUT2D eigenvalue weighted by Gasteiger charge is 2.05. The van der Waals surface area contributed by atoms with Crippen LogP contribution in [0.15, 0.2) is 30.5 Å². The summed E-state index contributed by atoms with van der Waals surface area (Å²) < 4.78 is 13.5. The van der Waals surface area contributed by atoms with Crippen molar-refractivity contribution in [1.29, 1.82) is 0 Å². The molecule has 0 aliphatic heterocycles. The van der Waals surface area contributed by atoms with E-state index in [1.165, 1.54) is 12.3 Å². The molecule has 110 valence electrons. The molecular weight excluding hydrogens is 271 g/mol. The minimum Gasteiger partial charge on any atom is -0.478 e. The third kappa shape index (κ3) is 3.86. The van der Waals surface area contributed by atoms with Crippen LogP contribution in [0.4, 0.5) is 4.39 Å². The summed E-state index contributed by atoms with van der Waals surface area (Å²) in [6.45, 7) is 4.62. The predicted octanol–water partition coefficient (Wildman–Crippen LogP) is 2.83. The van der Waals surface area contributed by atoms with Crippen molar-refractivity contribution in [2.45, 2.75) is 26.9 Å². The number of aryl methyl sites for hydroxylation is 2. The van der Waals surface area contributed by atoms with Gasteiger partial charge in [-0.2, -0.15) is 0 Å². The van der Waals surface area contributed by atoms with Gasteiger partial charge in [0.05, 0.1) is 11.3 Å². The summed E-state index contributed by atoms with van der Waals surface area (Å²) in [5.41, 5.74) is 3.21. The van der Waals surface area contributed by atoms with Gasteiger partial charge in [0, 0.05) is 19.3 Å². The van der Waals surface area contributed by atoms with Crippen molar-refractivity contribution in [3.8, 4) is 0 Å². The molecule has 2 N–H and O–H groups in total. The number of benzene rings is 1. The smallest absolute Gasteiger partial charge is 0.337 e. The van der Waals surface area contributed by atoms with Crippen molar-refractivity contribution in [3.63, 3.8) is 0 Å². The average molecular weight is 288 g/mol. The average Bonchev–Trinajstić information content (AvgIpc) is 2.45. The van der Waals surface area contributed by atoms with Crippen molar-refractivity contribution in [2.24, 2.45) is 0 Å². The molecule has 0 aliphatic carbocycles. The number of halogens is 1. The van der Waals surface area contributed by atoms with E-state index >= 15 is 0 Å². The summed E-state index contributed by atoms with van der Waals surface area (Å²) in [6, 6.07) is 6.84. The molecule has 5 heteroatoms. The zero-order chi connectivity index (χ0) is 15.4. The van der Waals surface area contributed by atoms with Crippen LogP contribution in [-0.4, -0.2) is 16.1 Å². The minimum atomic E-state index is -0.987. The number of nitrogens with one attached hydrogen (secondary N) is 1. The van der Waals surface area contributed by atoms with Crippen molar-refractivity contribution in [3.05, 3.63) is 64.2 Å². The molecule has 21 heavy (non-hydrogen) atoms.